The summed E-state index contributed by atoms with van der Waals surface area (Å²) in [5.41, 5.74) is 0. The Morgan fingerprint density at radius 2 is 2.30 bits per heavy atom. The van der Waals surface area contributed by atoms with Crippen LogP contribution >= 0.6 is 0 Å². The van der Waals surface area contributed by atoms with Crippen LogP contribution in [-0.2, 0) is 4.79 Å². The van der Waals surface area contributed by atoms with E-state index < -0.39 is 0 Å². The first-order valence-electron chi connectivity index (χ1n) is 2.61. The summed E-state index contributed by atoms with van der Waals surface area (Å²) in [6.45, 7) is 0.417. The molecule has 4 radical (unpaired) electrons. The number of carbonyl (C=O) groups excluding carboxylic acids is 1. The average Bonchev–Trinajstić information content (AvgIpc) is 1.87. The summed E-state index contributed by atoms with van der Waals surface area (Å²) in [5, 5.41) is 2.53. The SMILES string of the molecule is [CH2-]N([CH2][Pb])CC(=O)NC.[Pa]. The van der Waals surface area contributed by atoms with Crippen LogP contribution in [0.1, 0.15) is 0 Å². The summed E-state index contributed by atoms with van der Waals surface area (Å²) < 4.78 is 0.938. The number of nitrogens with one attached hydrogen (secondary N) is 1. The molecule has 54 valence electrons. The van der Waals surface area contributed by atoms with Crippen molar-refractivity contribution in [2.75, 3.05) is 17.7 Å². The van der Waals surface area contributed by atoms with Crippen LogP contribution < -0.4 is 5.32 Å². The Morgan fingerprint density at radius 3 is 2.60 bits per heavy atom. The normalized spacial score (nSPS) is 8.80. The van der Waals surface area contributed by atoms with Gasteiger partial charge in [0.05, 0.1) is 0 Å². The minimum atomic E-state index is 0. The van der Waals surface area contributed by atoms with Gasteiger partial charge in [-0.1, -0.05) is 0 Å². The van der Waals surface area contributed by atoms with Gasteiger partial charge >= 0.3 is 71.4 Å². The van der Waals surface area contributed by atoms with Gasteiger partial charge in [-0.3, -0.25) is 0 Å². The van der Waals surface area contributed by atoms with Crippen LogP contribution in [0.5, 0.6) is 0 Å². The van der Waals surface area contributed by atoms with Gasteiger partial charge in [0, 0.05) is 32.3 Å². The Balaban J connectivity index is 0. The van der Waals surface area contributed by atoms with E-state index in [-0.39, 0.29) is 38.2 Å². The van der Waals surface area contributed by atoms with Crippen LogP contribution in [0.25, 0.3) is 0 Å². The number of amides is 1. The minimum Gasteiger partial charge on any atom is 0 e. The molecular formula is C5H10N2OPaPb-. The molecule has 0 aliphatic carbocycles. The zero-order valence-electron chi connectivity index (χ0n) is 6.05. The van der Waals surface area contributed by atoms with Gasteiger partial charge in [0.15, 0.2) is 0 Å². The second-order valence-electron chi connectivity index (χ2n) is 1.66. The van der Waals surface area contributed by atoms with Gasteiger partial charge in [0.25, 0.3) is 0 Å². The van der Waals surface area contributed by atoms with Gasteiger partial charge in [0.2, 0.25) is 0 Å². The van der Waals surface area contributed by atoms with E-state index in [1.807, 2.05) is 0 Å². The monoisotopic (exact) mass is 553 g/mol. The fraction of sp³-hybridized carbons (Fsp3) is 0.600. The van der Waals surface area contributed by atoms with E-state index in [2.05, 4.69) is 12.4 Å². The maximum Gasteiger partial charge on any atom is 0 e. The van der Waals surface area contributed by atoms with E-state index in [0.717, 1.165) is 29.9 Å². The Morgan fingerprint density at radius 1 is 1.80 bits per heavy atom. The molecule has 0 aliphatic heterocycles. The molecule has 0 rings (SSSR count). The van der Waals surface area contributed by atoms with Crippen molar-refractivity contribution in [1.82, 2.24) is 10.2 Å². The number of hydrogen-bond acceptors (Lipinski definition) is 2. The van der Waals surface area contributed by atoms with E-state index in [4.69, 9.17) is 0 Å². The molecule has 0 spiro atoms. The fourth-order valence-corrected chi connectivity index (χ4v) is 0.773. The van der Waals surface area contributed by atoms with Crippen LogP contribution in [0.3, 0.4) is 0 Å². The number of rotatable bonds is 3. The summed E-state index contributed by atoms with van der Waals surface area (Å²) in [4.78, 5) is 12.4. The molecule has 0 aromatic rings. The van der Waals surface area contributed by atoms with Gasteiger partial charge in [-0.2, -0.15) is 0 Å². The number of carbonyl (C=O) groups is 1. The zero-order chi connectivity index (χ0) is 7.28. The Kier molecular flexibility index (Phi) is 11.9. The van der Waals surface area contributed by atoms with E-state index in [1.54, 1.807) is 11.9 Å². The van der Waals surface area contributed by atoms with Crippen molar-refractivity contribution in [3.8, 4) is 0 Å². The van der Waals surface area contributed by atoms with Crippen LogP contribution in [0.4, 0.5) is 0 Å². The molecule has 0 heterocycles. The van der Waals surface area contributed by atoms with Crippen LogP contribution in [0, 0.1) is 39.4 Å². The molecule has 0 saturated heterocycles. The van der Waals surface area contributed by atoms with Crippen LogP contribution in [0.2, 0.25) is 0 Å². The van der Waals surface area contributed by atoms with Gasteiger partial charge in [-0.15, -0.1) is 0 Å². The fourth-order valence-electron chi connectivity index (χ4n) is 0.338. The molecule has 5 heteroatoms. The Labute approximate surface area is 102 Å². The third kappa shape index (κ3) is 7.55. The van der Waals surface area contributed by atoms with Crippen molar-refractivity contribution in [1.29, 1.82) is 0 Å². The smallest absolute Gasteiger partial charge is 0 e. The molecule has 1 amide bonds. The van der Waals surface area contributed by atoms with E-state index in [9.17, 15) is 4.79 Å². The van der Waals surface area contributed by atoms with Crippen LogP contribution in [0.15, 0.2) is 0 Å². The molecule has 0 aliphatic rings. The summed E-state index contributed by atoms with van der Waals surface area (Å²) >= 11 is 1.06. The zero-order valence-corrected chi connectivity index (χ0v) is 14.7. The van der Waals surface area contributed by atoms with Gasteiger partial charge in [-0.25, -0.2) is 0 Å². The topological polar surface area (TPSA) is 32.3 Å². The molecule has 3 nitrogen and oxygen atoms in total. The summed E-state index contributed by atoms with van der Waals surface area (Å²) in [5.74, 6) is 0.0286. The first kappa shape index (κ1) is 14.0. The van der Waals surface area contributed by atoms with Crippen molar-refractivity contribution in [2.45, 2.75) is 0 Å². The molecule has 0 unspecified atom stereocenters. The molecule has 0 atom stereocenters. The number of hydrogen-bond donors (Lipinski definition) is 1. The maximum atomic E-state index is 10.6. The largest absolute Gasteiger partial charge is 0 e. The predicted molar refractivity (Wildman–Crippen MR) is 36.8 cm³/mol. The third-order valence-corrected chi connectivity index (χ3v) is 2.61. The molecular weight excluding hydrogens is 542 g/mol. The standard InChI is InChI=1S/C5H10N2O.Pa.Pb/c1-6-5(8)4-7(2)3;;/h2-4H2,1H3,(H,6,8);;/q-1;;. The summed E-state index contributed by atoms with van der Waals surface area (Å²) in [6, 6.07) is 0. The number of nitrogens with zero attached hydrogens (tertiary/aromatic N) is 1. The van der Waals surface area contributed by atoms with Crippen molar-refractivity contribution in [2.24, 2.45) is 0 Å². The molecule has 1 N–H and O–H groups in total. The quantitative estimate of drug-likeness (QED) is 0.359. The van der Waals surface area contributed by atoms with E-state index in [1.165, 1.54) is 0 Å². The van der Waals surface area contributed by atoms with Gasteiger partial charge in [0.1, 0.15) is 0 Å². The van der Waals surface area contributed by atoms with Crippen molar-refractivity contribution in [3.63, 3.8) is 0 Å². The summed E-state index contributed by atoms with van der Waals surface area (Å²) in [6.07, 6.45) is 0. The van der Waals surface area contributed by atoms with Crippen LogP contribution in [-0.4, -0.2) is 54.3 Å². The number of likely N-dealkylation sites (N-methyl/N-ethyl adjacent to an activating group) is 1. The molecule has 0 bridgehead atoms. The first-order chi connectivity index (χ1) is 4.20. The average molecular weight is 552 g/mol. The molecule has 0 saturated carbocycles. The predicted octanol–water partition coefficient (Wildman–Crippen LogP) is -1.05. The molecule has 10 heavy (non-hydrogen) atoms. The van der Waals surface area contributed by atoms with E-state index >= 15 is 0 Å². The first-order valence-corrected chi connectivity index (χ1v) is 5.36. The Hall–Kier alpha value is 1.44. The van der Waals surface area contributed by atoms with Gasteiger partial charge in [-0.05, 0) is 0 Å². The van der Waals surface area contributed by atoms with Crippen molar-refractivity contribution in [3.05, 3.63) is 7.05 Å². The molecule has 0 aromatic carbocycles. The van der Waals surface area contributed by atoms with Crippen molar-refractivity contribution < 1.29 is 37.1 Å². The Bertz CT molecular complexity index is 102. The van der Waals surface area contributed by atoms with Crippen molar-refractivity contribution >= 4 is 31.7 Å². The van der Waals surface area contributed by atoms with E-state index in [0.29, 0.717) is 6.54 Å². The maximum absolute atomic E-state index is 10.6. The second kappa shape index (κ2) is 8.54. The van der Waals surface area contributed by atoms with Gasteiger partial charge < -0.3 is 0 Å². The summed E-state index contributed by atoms with van der Waals surface area (Å²) in [7, 11) is 5.28. The molecule has 0 fully saturated rings. The minimum absolute atomic E-state index is 0. The third-order valence-electron chi connectivity index (χ3n) is 0.870. The molecule has 0 aromatic heterocycles. The second-order valence-corrected chi connectivity index (χ2v) is 2.89.